The summed E-state index contributed by atoms with van der Waals surface area (Å²) in [4.78, 5) is 1.71. The molecule has 2 N–H and O–H groups in total. The van der Waals surface area contributed by atoms with E-state index in [0.717, 1.165) is 0 Å². The fourth-order valence-electron chi connectivity index (χ4n) is 2.34. The van der Waals surface area contributed by atoms with E-state index in [1.54, 1.807) is 0 Å². The summed E-state index contributed by atoms with van der Waals surface area (Å²) in [6.07, 6.45) is 0. The van der Waals surface area contributed by atoms with Gasteiger partial charge in [-0.25, -0.2) is 12.8 Å². The molecule has 1 aromatic carbocycles. The minimum absolute atomic E-state index is 0.178. The van der Waals surface area contributed by atoms with Gasteiger partial charge in [0.25, 0.3) is 0 Å². The summed E-state index contributed by atoms with van der Waals surface area (Å²) < 4.78 is 40.4. The third-order valence-electron chi connectivity index (χ3n) is 3.49. The molecule has 0 aliphatic carbocycles. The van der Waals surface area contributed by atoms with Gasteiger partial charge in [0.1, 0.15) is 4.90 Å². The summed E-state index contributed by atoms with van der Waals surface area (Å²) in [6.45, 7) is 1.55. The molecule has 1 aliphatic heterocycles. The van der Waals surface area contributed by atoms with Crippen molar-refractivity contribution in [3.8, 4) is 0 Å². The Bertz CT molecular complexity index is 642. The molecule has 1 heterocycles. The van der Waals surface area contributed by atoms with Gasteiger partial charge in [-0.3, -0.25) is 0 Å². The molecule has 0 aromatic heterocycles. The van der Waals surface area contributed by atoms with E-state index in [2.05, 4.69) is 0 Å². The van der Waals surface area contributed by atoms with Crippen LogP contribution in [0.2, 0.25) is 10.0 Å². The third kappa shape index (κ3) is 3.18. The Hall–Kier alpha value is -0.440. The molecule has 1 aliphatic rings. The van der Waals surface area contributed by atoms with Crippen LogP contribution < -0.4 is 5.73 Å². The second-order valence-corrected chi connectivity index (χ2v) is 7.59. The van der Waals surface area contributed by atoms with Crippen LogP contribution in [0.3, 0.4) is 0 Å². The molecule has 0 radical (unpaired) electrons. The van der Waals surface area contributed by atoms with Gasteiger partial charge in [0.2, 0.25) is 10.0 Å². The largest absolute Gasteiger partial charge is 0.329 e. The second-order valence-electron chi connectivity index (χ2n) is 4.94. The minimum Gasteiger partial charge on any atom is -0.329 e. The highest BCUT2D eigenvalue weighted by Gasteiger charge is 2.36. The zero-order valence-electron chi connectivity index (χ0n) is 11.4. The Morgan fingerprint density at radius 1 is 1.38 bits per heavy atom. The van der Waals surface area contributed by atoms with Crippen molar-refractivity contribution in [1.82, 2.24) is 9.21 Å². The normalized spacial score (nSPS) is 21.7. The number of halogens is 3. The number of piperazine rings is 1. The highest BCUT2D eigenvalue weighted by atomic mass is 35.5. The molecule has 118 valence electrons. The van der Waals surface area contributed by atoms with Crippen LogP contribution >= 0.6 is 23.2 Å². The Labute approximate surface area is 133 Å². The number of hydrogen-bond donors (Lipinski definition) is 1. The van der Waals surface area contributed by atoms with Gasteiger partial charge in [0.15, 0.2) is 5.82 Å². The van der Waals surface area contributed by atoms with Gasteiger partial charge in [-0.05, 0) is 19.2 Å². The molecule has 5 nitrogen and oxygen atoms in total. The monoisotopic (exact) mass is 355 g/mol. The molecule has 0 spiro atoms. The zero-order valence-corrected chi connectivity index (χ0v) is 13.7. The maximum absolute atomic E-state index is 13.8. The van der Waals surface area contributed by atoms with Crippen molar-refractivity contribution in [2.45, 2.75) is 10.9 Å². The van der Waals surface area contributed by atoms with Crippen LogP contribution in [0, 0.1) is 5.82 Å². The van der Waals surface area contributed by atoms with Crippen LogP contribution in [0.5, 0.6) is 0 Å². The highest BCUT2D eigenvalue weighted by Crippen LogP contribution is 2.32. The van der Waals surface area contributed by atoms with Crippen molar-refractivity contribution in [2.24, 2.45) is 5.73 Å². The minimum atomic E-state index is -3.92. The van der Waals surface area contributed by atoms with Crippen molar-refractivity contribution in [2.75, 3.05) is 33.2 Å². The molecule has 1 saturated heterocycles. The molecule has 0 amide bonds. The summed E-state index contributed by atoms with van der Waals surface area (Å²) in [5, 5.41) is -0.704. The first-order valence-corrected chi connectivity index (χ1v) is 8.52. The lowest BCUT2D eigenvalue weighted by atomic mass is 10.2. The molecule has 1 unspecified atom stereocenters. The summed E-state index contributed by atoms with van der Waals surface area (Å²) in [7, 11) is -2.03. The van der Waals surface area contributed by atoms with Gasteiger partial charge >= 0.3 is 0 Å². The molecular formula is C12H16Cl2FN3O2S. The van der Waals surface area contributed by atoms with E-state index in [1.807, 2.05) is 11.9 Å². The zero-order chi connectivity index (χ0) is 15.8. The molecule has 1 fully saturated rings. The van der Waals surface area contributed by atoms with Crippen LogP contribution in [-0.4, -0.2) is 56.9 Å². The van der Waals surface area contributed by atoms with Gasteiger partial charge in [0.05, 0.1) is 16.1 Å². The predicted octanol–water partition coefficient (Wildman–Crippen LogP) is 1.40. The lowest BCUT2D eigenvalue weighted by Crippen LogP contribution is -2.56. The van der Waals surface area contributed by atoms with E-state index < -0.39 is 20.9 Å². The number of hydrogen-bond acceptors (Lipinski definition) is 4. The van der Waals surface area contributed by atoms with E-state index in [0.29, 0.717) is 13.1 Å². The maximum atomic E-state index is 13.8. The topological polar surface area (TPSA) is 66.6 Å². The molecular weight excluding hydrogens is 340 g/mol. The van der Waals surface area contributed by atoms with Gasteiger partial charge in [-0.15, -0.1) is 0 Å². The lowest BCUT2D eigenvalue weighted by Gasteiger charge is -2.38. The number of benzene rings is 1. The first-order chi connectivity index (χ1) is 9.78. The number of nitrogens with two attached hydrogens (primary N) is 1. The van der Waals surface area contributed by atoms with Gasteiger partial charge < -0.3 is 10.6 Å². The SMILES string of the molecule is CN1CCN(S(=O)(=O)c2ccc(Cl)c(F)c2Cl)C(CN)C1. The van der Waals surface area contributed by atoms with Crippen LogP contribution in [0.25, 0.3) is 0 Å². The second kappa shape index (κ2) is 6.36. The molecule has 0 saturated carbocycles. The Kier molecular flexibility index (Phi) is 5.12. The van der Waals surface area contributed by atoms with E-state index in [1.165, 1.54) is 16.4 Å². The lowest BCUT2D eigenvalue weighted by molar-refractivity contribution is 0.164. The Morgan fingerprint density at radius 2 is 2.05 bits per heavy atom. The molecule has 0 bridgehead atoms. The van der Waals surface area contributed by atoms with Gasteiger partial charge in [-0.1, -0.05) is 23.2 Å². The van der Waals surface area contributed by atoms with Crippen molar-refractivity contribution in [3.05, 3.63) is 28.0 Å². The van der Waals surface area contributed by atoms with Crippen molar-refractivity contribution >= 4 is 33.2 Å². The van der Waals surface area contributed by atoms with Crippen molar-refractivity contribution in [3.63, 3.8) is 0 Å². The number of sulfonamides is 1. The summed E-state index contributed by atoms with van der Waals surface area (Å²) in [6, 6.07) is 2.03. The molecule has 9 heteroatoms. The maximum Gasteiger partial charge on any atom is 0.245 e. The standard InChI is InChI=1S/C12H16Cl2FN3O2S/c1-17-4-5-18(8(6-16)7-17)21(19,20)10-3-2-9(13)12(15)11(10)14/h2-3,8H,4-7,16H2,1H3. The van der Waals surface area contributed by atoms with Crippen LogP contribution in [0.1, 0.15) is 0 Å². The molecule has 2 rings (SSSR count). The van der Waals surface area contributed by atoms with Gasteiger partial charge in [-0.2, -0.15) is 4.31 Å². The number of nitrogens with zero attached hydrogens (tertiary/aromatic N) is 2. The predicted molar refractivity (Wildman–Crippen MR) is 80.7 cm³/mol. The summed E-state index contributed by atoms with van der Waals surface area (Å²) in [5.74, 6) is -0.933. The van der Waals surface area contributed by atoms with E-state index in [-0.39, 0.29) is 29.0 Å². The number of rotatable bonds is 3. The van der Waals surface area contributed by atoms with Crippen LogP contribution in [-0.2, 0) is 10.0 Å². The average Bonchev–Trinajstić information content (AvgIpc) is 2.44. The van der Waals surface area contributed by atoms with E-state index in [4.69, 9.17) is 28.9 Å². The summed E-state index contributed by atoms with van der Waals surface area (Å²) in [5.41, 5.74) is 5.66. The smallest absolute Gasteiger partial charge is 0.245 e. The van der Waals surface area contributed by atoms with Crippen LogP contribution in [0.4, 0.5) is 4.39 Å². The first-order valence-electron chi connectivity index (χ1n) is 6.33. The van der Waals surface area contributed by atoms with Crippen LogP contribution in [0.15, 0.2) is 17.0 Å². The Morgan fingerprint density at radius 3 is 2.67 bits per heavy atom. The average molecular weight is 356 g/mol. The fourth-order valence-corrected chi connectivity index (χ4v) is 4.68. The highest BCUT2D eigenvalue weighted by molar-refractivity contribution is 7.89. The van der Waals surface area contributed by atoms with E-state index >= 15 is 0 Å². The first kappa shape index (κ1) is 16.9. The van der Waals surface area contributed by atoms with Gasteiger partial charge in [0, 0.05) is 26.2 Å². The quantitative estimate of drug-likeness (QED) is 0.832. The summed E-state index contributed by atoms with van der Waals surface area (Å²) >= 11 is 11.4. The van der Waals surface area contributed by atoms with Crippen molar-refractivity contribution in [1.29, 1.82) is 0 Å². The fraction of sp³-hybridized carbons (Fsp3) is 0.500. The molecule has 21 heavy (non-hydrogen) atoms. The van der Waals surface area contributed by atoms with Crippen molar-refractivity contribution < 1.29 is 12.8 Å². The third-order valence-corrected chi connectivity index (χ3v) is 6.26. The molecule has 1 atom stereocenters. The molecule has 1 aromatic rings. The van der Waals surface area contributed by atoms with E-state index in [9.17, 15) is 12.8 Å². The Balaban J connectivity index is 2.44. The number of likely N-dealkylation sites (N-methyl/N-ethyl adjacent to an activating group) is 1.